The molecule has 0 atom stereocenters. The van der Waals surface area contributed by atoms with Crippen molar-refractivity contribution >= 4 is 27.7 Å². The van der Waals surface area contributed by atoms with Crippen LogP contribution < -0.4 is 0 Å². The third-order valence-corrected chi connectivity index (χ3v) is 2.39. The van der Waals surface area contributed by atoms with Gasteiger partial charge in [0.1, 0.15) is 0 Å². The van der Waals surface area contributed by atoms with Gasteiger partial charge in [-0.2, -0.15) is 0 Å². The van der Waals surface area contributed by atoms with Gasteiger partial charge in [-0.15, -0.1) is 0 Å². The minimum absolute atomic E-state index is 0.00412. The molecule has 0 unspecified atom stereocenters. The molecule has 0 heterocycles. The van der Waals surface area contributed by atoms with Gasteiger partial charge < -0.3 is 4.74 Å². The second kappa shape index (κ2) is 5.16. The minimum atomic E-state index is -1.37. The fourth-order valence-electron chi connectivity index (χ4n) is 1.03. The summed E-state index contributed by atoms with van der Waals surface area (Å²) >= 11 is 2.87. The molecule has 16 heavy (non-hydrogen) atoms. The van der Waals surface area contributed by atoms with Crippen molar-refractivity contribution in [2.24, 2.45) is 0 Å². The van der Waals surface area contributed by atoms with Crippen LogP contribution in [0.5, 0.6) is 0 Å². The predicted octanol–water partition coefficient (Wildman–Crippen LogP) is 2.47. The number of carbonyl (C=O) groups is 2. The van der Waals surface area contributed by atoms with Crippen LogP contribution in [0.2, 0.25) is 0 Å². The lowest BCUT2D eigenvalue weighted by Crippen LogP contribution is -2.19. The highest BCUT2D eigenvalue weighted by Crippen LogP contribution is 2.22. The van der Waals surface area contributed by atoms with Crippen LogP contribution in [0.25, 0.3) is 0 Å². The second-order valence-corrected chi connectivity index (χ2v) is 3.62. The maximum atomic E-state index is 13.3. The highest BCUT2D eigenvalue weighted by atomic mass is 79.9. The van der Waals surface area contributed by atoms with Crippen molar-refractivity contribution in [3.8, 4) is 0 Å². The van der Waals surface area contributed by atoms with E-state index in [9.17, 15) is 18.4 Å². The SMILES string of the molecule is CCOC(=O)C(=O)c1c(Br)ccc(F)c1F. The summed E-state index contributed by atoms with van der Waals surface area (Å²) in [6.07, 6.45) is 0. The first-order valence-corrected chi connectivity index (χ1v) is 5.13. The number of ketones is 1. The number of halogens is 3. The van der Waals surface area contributed by atoms with E-state index in [1.807, 2.05) is 0 Å². The quantitative estimate of drug-likeness (QED) is 0.372. The van der Waals surface area contributed by atoms with Crippen LogP contribution >= 0.6 is 15.9 Å². The molecule has 1 aromatic carbocycles. The summed E-state index contributed by atoms with van der Waals surface area (Å²) in [7, 11) is 0. The van der Waals surface area contributed by atoms with E-state index in [1.54, 1.807) is 0 Å². The summed E-state index contributed by atoms with van der Waals surface area (Å²) in [5, 5.41) is 0. The third kappa shape index (κ3) is 2.44. The molecule has 0 N–H and O–H groups in total. The molecule has 0 saturated carbocycles. The minimum Gasteiger partial charge on any atom is -0.460 e. The van der Waals surface area contributed by atoms with Crippen molar-refractivity contribution in [1.82, 2.24) is 0 Å². The molecule has 3 nitrogen and oxygen atoms in total. The lowest BCUT2D eigenvalue weighted by atomic mass is 10.1. The lowest BCUT2D eigenvalue weighted by molar-refractivity contribution is -0.137. The second-order valence-electron chi connectivity index (χ2n) is 2.77. The molecule has 1 aromatic rings. The van der Waals surface area contributed by atoms with E-state index in [4.69, 9.17) is 0 Å². The molecule has 0 aromatic heterocycles. The van der Waals surface area contributed by atoms with Gasteiger partial charge in [0.15, 0.2) is 11.6 Å². The first kappa shape index (κ1) is 12.8. The average molecular weight is 293 g/mol. The molecule has 0 radical (unpaired) electrons. The smallest absolute Gasteiger partial charge is 0.379 e. The van der Waals surface area contributed by atoms with Crippen LogP contribution in [-0.4, -0.2) is 18.4 Å². The van der Waals surface area contributed by atoms with Crippen LogP contribution in [0, 0.1) is 11.6 Å². The number of rotatable bonds is 3. The van der Waals surface area contributed by atoms with Crippen LogP contribution in [0.3, 0.4) is 0 Å². The number of Topliss-reactive ketones (excluding diaryl/α,β-unsaturated/α-hetero) is 1. The summed E-state index contributed by atoms with van der Waals surface area (Å²) in [6.45, 7) is 1.49. The number of hydrogen-bond acceptors (Lipinski definition) is 3. The standard InChI is InChI=1S/C10H7BrF2O3/c1-2-16-10(15)9(14)7-5(11)3-4-6(12)8(7)13/h3-4H,2H2,1H3. The highest BCUT2D eigenvalue weighted by Gasteiger charge is 2.25. The normalized spacial score (nSPS) is 10.0. The molecule has 6 heteroatoms. The first-order valence-electron chi connectivity index (χ1n) is 4.34. The molecular formula is C10H7BrF2O3. The van der Waals surface area contributed by atoms with E-state index in [0.717, 1.165) is 12.1 Å². The highest BCUT2D eigenvalue weighted by molar-refractivity contribution is 9.10. The summed E-state index contributed by atoms with van der Waals surface area (Å²) in [4.78, 5) is 22.5. The van der Waals surface area contributed by atoms with Crippen LogP contribution in [0.4, 0.5) is 8.78 Å². The number of ether oxygens (including phenoxy) is 1. The largest absolute Gasteiger partial charge is 0.460 e. The first-order chi connectivity index (χ1) is 7.49. The molecular weight excluding hydrogens is 286 g/mol. The Morgan fingerprint density at radius 2 is 2.00 bits per heavy atom. The predicted molar refractivity (Wildman–Crippen MR) is 55.0 cm³/mol. The van der Waals surface area contributed by atoms with E-state index < -0.39 is 29.0 Å². The van der Waals surface area contributed by atoms with Gasteiger partial charge in [-0.3, -0.25) is 4.79 Å². The maximum Gasteiger partial charge on any atom is 0.379 e. The Balaban J connectivity index is 3.18. The van der Waals surface area contributed by atoms with Crippen molar-refractivity contribution in [2.75, 3.05) is 6.61 Å². The van der Waals surface area contributed by atoms with Gasteiger partial charge in [-0.25, -0.2) is 13.6 Å². The molecule has 0 bridgehead atoms. The molecule has 0 aliphatic carbocycles. The number of esters is 1. The summed E-state index contributed by atoms with van der Waals surface area (Å²) in [5.41, 5.74) is -0.654. The van der Waals surface area contributed by atoms with Gasteiger partial charge >= 0.3 is 5.97 Å². The summed E-state index contributed by atoms with van der Waals surface area (Å²) < 4.78 is 30.6. The van der Waals surface area contributed by atoms with Crippen LogP contribution in [0.15, 0.2) is 16.6 Å². The van der Waals surface area contributed by atoms with Gasteiger partial charge in [0.05, 0.1) is 12.2 Å². The zero-order valence-electron chi connectivity index (χ0n) is 8.22. The van der Waals surface area contributed by atoms with Gasteiger partial charge in [0.2, 0.25) is 0 Å². The maximum absolute atomic E-state index is 13.3. The topological polar surface area (TPSA) is 43.4 Å². The molecule has 86 valence electrons. The third-order valence-electron chi connectivity index (χ3n) is 1.73. The van der Waals surface area contributed by atoms with Crippen molar-refractivity contribution in [2.45, 2.75) is 6.92 Å². The van der Waals surface area contributed by atoms with Gasteiger partial charge in [-0.05, 0) is 35.0 Å². The Bertz CT molecular complexity index is 446. The molecule has 1 rings (SSSR count). The Morgan fingerprint density at radius 3 is 2.56 bits per heavy atom. The number of hydrogen-bond donors (Lipinski definition) is 0. The van der Waals surface area contributed by atoms with E-state index in [0.29, 0.717) is 0 Å². The van der Waals surface area contributed by atoms with Crippen molar-refractivity contribution in [3.63, 3.8) is 0 Å². The molecule has 0 saturated heterocycles. The Hall–Kier alpha value is -1.30. The van der Waals surface area contributed by atoms with Gasteiger partial charge in [0, 0.05) is 4.47 Å². The summed E-state index contributed by atoms with van der Waals surface area (Å²) in [6, 6.07) is 1.99. The fourth-order valence-corrected chi connectivity index (χ4v) is 1.52. The van der Waals surface area contributed by atoms with Gasteiger partial charge in [-0.1, -0.05) is 0 Å². The van der Waals surface area contributed by atoms with Crippen LogP contribution in [-0.2, 0) is 9.53 Å². The molecule has 0 amide bonds. The molecule has 0 aliphatic heterocycles. The Labute approximate surface area is 98.5 Å². The van der Waals surface area contributed by atoms with Gasteiger partial charge in [0.25, 0.3) is 5.78 Å². The monoisotopic (exact) mass is 292 g/mol. The number of benzene rings is 1. The molecule has 0 fully saturated rings. The van der Waals surface area contributed by atoms with E-state index in [2.05, 4.69) is 20.7 Å². The Kier molecular flexibility index (Phi) is 4.12. The van der Waals surface area contributed by atoms with Crippen molar-refractivity contribution in [1.29, 1.82) is 0 Å². The fraction of sp³-hybridized carbons (Fsp3) is 0.200. The summed E-state index contributed by atoms with van der Waals surface area (Å²) in [5.74, 6) is -5.00. The average Bonchev–Trinajstić information content (AvgIpc) is 2.24. The molecule has 0 spiro atoms. The zero-order valence-corrected chi connectivity index (χ0v) is 9.81. The van der Waals surface area contributed by atoms with Crippen molar-refractivity contribution in [3.05, 3.63) is 33.8 Å². The van der Waals surface area contributed by atoms with Crippen LogP contribution in [0.1, 0.15) is 17.3 Å². The van der Waals surface area contributed by atoms with E-state index in [-0.39, 0.29) is 11.1 Å². The Morgan fingerprint density at radius 1 is 1.38 bits per heavy atom. The number of carbonyl (C=O) groups excluding carboxylic acids is 2. The van der Waals surface area contributed by atoms with Crippen molar-refractivity contribution < 1.29 is 23.1 Å². The molecule has 0 aliphatic rings. The lowest BCUT2D eigenvalue weighted by Gasteiger charge is -2.05. The van der Waals surface area contributed by atoms with E-state index in [1.165, 1.54) is 6.92 Å². The van der Waals surface area contributed by atoms with E-state index >= 15 is 0 Å². The zero-order chi connectivity index (χ0) is 12.3.